The lowest BCUT2D eigenvalue weighted by molar-refractivity contribution is 0.0602. The molecule has 110 valence electrons. The van der Waals surface area contributed by atoms with Crippen molar-refractivity contribution in [1.29, 1.82) is 0 Å². The minimum atomic E-state index is -0.410. The number of hydrogen-bond acceptors (Lipinski definition) is 4. The molecule has 0 bridgehead atoms. The molecular formula is C17H20N2O2. The van der Waals surface area contributed by atoms with Crippen molar-refractivity contribution >= 4 is 23.0 Å². The van der Waals surface area contributed by atoms with Gasteiger partial charge in [0.05, 0.1) is 18.4 Å². The highest BCUT2D eigenvalue weighted by Gasteiger charge is 2.14. The van der Waals surface area contributed by atoms with Crippen LogP contribution in [0.15, 0.2) is 42.5 Å². The maximum atomic E-state index is 11.9. The van der Waals surface area contributed by atoms with Gasteiger partial charge >= 0.3 is 5.97 Å². The first-order valence-electron chi connectivity index (χ1n) is 6.86. The first-order chi connectivity index (χ1) is 10.0. The van der Waals surface area contributed by atoms with E-state index in [1.54, 1.807) is 18.2 Å². The van der Waals surface area contributed by atoms with E-state index in [1.807, 2.05) is 18.2 Å². The summed E-state index contributed by atoms with van der Waals surface area (Å²) >= 11 is 0. The van der Waals surface area contributed by atoms with Crippen LogP contribution < -0.4 is 11.1 Å². The number of ether oxygens (including phenoxy) is 1. The monoisotopic (exact) mass is 284 g/mol. The number of para-hydroxylation sites is 1. The Morgan fingerprint density at radius 3 is 2.52 bits per heavy atom. The summed E-state index contributed by atoms with van der Waals surface area (Å²) in [5, 5.41) is 3.31. The average Bonchev–Trinajstić information content (AvgIpc) is 2.48. The molecule has 0 aliphatic heterocycles. The fourth-order valence-electron chi connectivity index (χ4n) is 2.21. The van der Waals surface area contributed by atoms with Crippen LogP contribution >= 0.6 is 0 Å². The Morgan fingerprint density at radius 2 is 1.86 bits per heavy atom. The van der Waals surface area contributed by atoms with Gasteiger partial charge in [-0.2, -0.15) is 0 Å². The van der Waals surface area contributed by atoms with Crippen LogP contribution in [0.3, 0.4) is 0 Å². The smallest absolute Gasteiger partial charge is 0.340 e. The highest BCUT2D eigenvalue weighted by atomic mass is 16.5. The van der Waals surface area contributed by atoms with Crippen LogP contribution in [0.5, 0.6) is 0 Å². The SMILES string of the molecule is COC(=O)c1cc(N)ccc1Nc1ccccc1C(C)C. The largest absolute Gasteiger partial charge is 0.465 e. The molecule has 0 aliphatic rings. The predicted molar refractivity (Wildman–Crippen MR) is 86.0 cm³/mol. The highest BCUT2D eigenvalue weighted by Crippen LogP contribution is 2.29. The molecule has 3 N–H and O–H groups in total. The number of methoxy groups -OCH3 is 1. The van der Waals surface area contributed by atoms with Crippen molar-refractivity contribution in [2.45, 2.75) is 19.8 Å². The Morgan fingerprint density at radius 1 is 1.14 bits per heavy atom. The van der Waals surface area contributed by atoms with Gasteiger partial charge in [-0.15, -0.1) is 0 Å². The maximum absolute atomic E-state index is 11.9. The third kappa shape index (κ3) is 3.34. The van der Waals surface area contributed by atoms with Crippen molar-refractivity contribution in [3.8, 4) is 0 Å². The lowest BCUT2D eigenvalue weighted by Gasteiger charge is -2.16. The van der Waals surface area contributed by atoms with Crippen molar-refractivity contribution < 1.29 is 9.53 Å². The van der Waals surface area contributed by atoms with Crippen molar-refractivity contribution in [3.63, 3.8) is 0 Å². The third-order valence-corrected chi connectivity index (χ3v) is 3.30. The van der Waals surface area contributed by atoms with Crippen molar-refractivity contribution in [2.24, 2.45) is 0 Å². The molecule has 4 heteroatoms. The van der Waals surface area contributed by atoms with Crippen LogP contribution in [0.2, 0.25) is 0 Å². The van der Waals surface area contributed by atoms with Gasteiger partial charge < -0.3 is 15.8 Å². The van der Waals surface area contributed by atoms with Crippen molar-refractivity contribution in [1.82, 2.24) is 0 Å². The molecule has 2 aromatic carbocycles. The molecule has 2 rings (SSSR count). The van der Waals surface area contributed by atoms with Crippen molar-refractivity contribution in [2.75, 3.05) is 18.2 Å². The van der Waals surface area contributed by atoms with E-state index in [0.717, 1.165) is 5.69 Å². The van der Waals surface area contributed by atoms with Gasteiger partial charge in [0.25, 0.3) is 0 Å². The fraction of sp³-hybridized carbons (Fsp3) is 0.235. The third-order valence-electron chi connectivity index (χ3n) is 3.30. The first kappa shape index (κ1) is 14.9. The van der Waals surface area contributed by atoms with Gasteiger partial charge in [0, 0.05) is 11.4 Å². The van der Waals surface area contributed by atoms with Gasteiger partial charge in [-0.05, 0) is 35.7 Å². The van der Waals surface area contributed by atoms with E-state index < -0.39 is 5.97 Å². The number of hydrogen-bond donors (Lipinski definition) is 2. The zero-order valence-corrected chi connectivity index (χ0v) is 12.5. The summed E-state index contributed by atoms with van der Waals surface area (Å²) in [6.07, 6.45) is 0. The minimum Gasteiger partial charge on any atom is -0.465 e. The predicted octanol–water partition coefficient (Wildman–Crippen LogP) is 3.92. The number of nitrogen functional groups attached to an aromatic ring is 1. The van der Waals surface area contributed by atoms with Crippen LogP contribution in [-0.2, 0) is 4.74 Å². The van der Waals surface area contributed by atoms with E-state index in [9.17, 15) is 4.79 Å². The van der Waals surface area contributed by atoms with E-state index >= 15 is 0 Å². The second-order valence-electron chi connectivity index (χ2n) is 5.16. The van der Waals surface area contributed by atoms with E-state index in [0.29, 0.717) is 22.9 Å². The van der Waals surface area contributed by atoms with E-state index in [2.05, 4.69) is 25.2 Å². The quantitative estimate of drug-likeness (QED) is 0.659. The fourth-order valence-corrected chi connectivity index (χ4v) is 2.21. The van der Waals surface area contributed by atoms with Gasteiger partial charge in [-0.25, -0.2) is 4.79 Å². The summed E-state index contributed by atoms with van der Waals surface area (Å²) in [4.78, 5) is 11.9. The Kier molecular flexibility index (Phi) is 4.48. The van der Waals surface area contributed by atoms with Gasteiger partial charge in [0.15, 0.2) is 0 Å². The number of anilines is 3. The Bertz CT molecular complexity index is 651. The number of rotatable bonds is 4. The highest BCUT2D eigenvalue weighted by molar-refractivity contribution is 5.97. The summed E-state index contributed by atoms with van der Waals surface area (Å²) < 4.78 is 4.81. The van der Waals surface area contributed by atoms with Gasteiger partial charge in [-0.1, -0.05) is 32.0 Å². The zero-order chi connectivity index (χ0) is 15.4. The normalized spacial score (nSPS) is 10.5. The molecule has 0 amide bonds. The summed E-state index contributed by atoms with van der Waals surface area (Å²) in [5.41, 5.74) is 9.55. The first-order valence-corrected chi connectivity index (χ1v) is 6.86. The van der Waals surface area contributed by atoms with E-state index in [1.165, 1.54) is 12.7 Å². The molecule has 0 fully saturated rings. The molecule has 4 nitrogen and oxygen atoms in total. The number of carbonyl (C=O) groups excluding carboxylic acids is 1. The van der Waals surface area contributed by atoms with Gasteiger partial charge in [-0.3, -0.25) is 0 Å². The molecule has 0 saturated heterocycles. The molecule has 0 aromatic heterocycles. The molecule has 2 aromatic rings. The molecule has 0 atom stereocenters. The van der Waals surface area contributed by atoms with Gasteiger partial charge in [0.2, 0.25) is 0 Å². The molecular weight excluding hydrogens is 264 g/mol. The van der Waals surface area contributed by atoms with E-state index in [-0.39, 0.29) is 0 Å². The molecule has 0 unspecified atom stereocenters. The van der Waals surface area contributed by atoms with Crippen LogP contribution in [0.25, 0.3) is 0 Å². The van der Waals surface area contributed by atoms with Gasteiger partial charge in [0.1, 0.15) is 0 Å². The zero-order valence-electron chi connectivity index (χ0n) is 12.5. The minimum absolute atomic E-state index is 0.379. The topological polar surface area (TPSA) is 64.3 Å². The number of carbonyl (C=O) groups is 1. The number of nitrogens with one attached hydrogen (secondary N) is 1. The summed E-state index contributed by atoms with van der Waals surface area (Å²) in [6.45, 7) is 4.26. The summed E-state index contributed by atoms with van der Waals surface area (Å²) in [6, 6.07) is 13.2. The van der Waals surface area contributed by atoms with Crippen molar-refractivity contribution in [3.05, 3.63) is 53.6 Å². The van der Waals surface area contributed by atoms with Crippen LogP contribution in [0.4, 0.5) is 17.1 Å². The molecule has 0 saturated carbocycles. The Balaban J connectivity index is 2.43. The van der Waals surface area contributed by atoms with E-state index in [4.69, 9.17) is 10.5 Å². The number of nitrogens with two attached hydrogens (primary N) is 1. The lowest BCUT2D eigenvalue weighted by Crippen LogP contribution is -2.07. The molecule has 0 heterocycles. The van der Waals surface area contributed by atoms with Crippen LogP contribution in [0, 0.1) is 0 Å². The standard InChI is InChI=1S/C17H20N2O2/c1-11(2)13-6-4-5-7-15(13)19-16-9-8-12(18)10-14(16)17(20)21-3/h4-11,19H,18H2,1-3H3. The lowest BCUT2D eigenvalue weighted by atomic mass is 10.0. The average molecular weight is 284 g/mol. The second-order valence-corrected chi connectivity index (χ2v) is 5.16. The number of benzene rings is 2. The molecule has 0 radical (unpaired) electrons. The van der Waals surface area contributed by atoms with Crippen LogP contribution in [0.1, 0.15) is 35.7 Å². The molecule has 0 spiro atoms. The summed E-state index contributed by atoms with van der Waals surface area (Å²) in [7, 11) is 1.36. The molecule has 21 heavy (non-hydrogen) atoms. The molecule has 0 aliphatic carbocycles. The summed E-state index contributed by atoms with van der Waals surface area (Å²) in [5.74, 6) is -0.0316. The van der Waals surface area contributed by atoms with Crippen LogP contribution in [-0.4, -0.2) is 13.1 Å². The second kappa shape index (κ2) is 6.31. The Labute approximate surface area is 124 Å². The Hall–Kier alpha value is -2.49. The maximum Gasteiger partial charge on any atom is 0.340 e. The number of esters is 1.